The summed E-state index contributed by atoms with van der Waals surface area (Å²) in [4.78, 5) is 32.7. The molecule has 1 aromatic carbocycles. The van der Waals surface area contributed by atoms with Crippen molar-refractivity contribution in [1.29, 1.82) is 0 Å². The maximum absolute atomic E-state index is 12.2. The fourth-order valence-electron chi connectivity index (χ4n) is 2.88. The number of benzene rings is 1. The van der Waals surface area contributed by atoms with Gasteiger partial charge in [-0.1, -0.05) is 25.2 Å². The third kappa shape index (κ3) is 3.83. The minimum Gasteiger partial charge on any atom is -0.511 e. The first-order chi connectivity index (χ1) is 12.3. The Kier molecular flexibility index (Phi) is 4.91. The van der Waals surface area contributed by atoms with Crippen LogP contribution in [0.4, 0.5) is 5.13 Å². The first-order valence-electron chi connectivity index (χ1n) is 8.36. The van der Waals surface area contributed by atoms with E-state index in [1.807, 2.05) is 13.8 Å². The molecule has 0 unspecified atom stereocenters. The van der Waals surface area contributed by atoms with Crippen molar-refractivity contribution in [2.75, 3.05) is 6.61 Å². The van der Waals surface area contributed by atoms with Crippen LogP contribution in [0.1, 0.15) is 44.0 Å². The first kappa shape index (κ1) is 18.3. The number of ether oxygens (including phenoxy) is 1. The monoisotopic (exact) mass is 372 g/mol. The zero-order valence-corrected chi connectivity index (χ0v) is 15.7. The number of carbonyl (C=O) groups excluding carboxylic acids is 2. The maximum atomic E-state index is 12.2. The predicted molar refractivity (Wildman–Crippen MR) is 101 cm³/mol. The molecule has 3 rings (SSSR count). The van der Waals surface area contributed by atoms with E-state index in [1.165, 1.54) is 17.6 Å². The molecular formula is C19H20N2O4S. The van der Waals surface area contributed by atoms with Gasteiger partial charge in [0.2, 0.25) is 5.13 Å². The van der Waals surface area contributed by atoms with Crippen LogP contribution in [0, 0.1) is 5.41 Å². The summed E-state index contributed by atoms with van der Waals surface area (Å²) in [6, 6.07) is 5.12. The number of Topliss-reactive ketones (excluding diaryl/α,β-unsaturated/α-hetero) is 1. The van der Waals surface area contributed by atoms with Gasteiger partial charge in [-0.2, -0.15) is 0 Å². The highest BCUT2D eigenvalue weighted by atomic mass is 32.1. The van der Waals surface area contributed by atoms with Gasteiger partial charge in [0.25, 0.3) is 0 Å². The molecule has 0 bridgehead atoms. The van der Waals surface area contributed by atoms with Crippen molar-refractivity contribution in [2.24, 2.45) is 10.4 Å². The summed E-state index contributed by atoms with van der Waals surface area (Å²) in [7, 11) is 0. The molecule has 1 aliphatic rings. The number of fused-ring (bicyclic) bond motifs is 1. The zero-order valence-electron chi connectivity index (χ0n) is 14.9. The van der Waals surface area contributed by atoms with Crippen LogP contribution in [0.25, 0.3) is 10.2 Å². The molecule has 0 radical (unpaired) electrons. The van der Waals surface area contributed by atoms with E-state index in [2.05, 4.69) is 9.98 Å². The van der Waals surface area contributed by atoms with Crippen molar-refractivity contribution in [3.8, 4) is 0 Å². The number of thiazole rings is 1. The van der Waals surface area contributed by atoms with Crippen molar-refractivity contribution < 1.29 is 19.4 Å². The number of allylic oxidation sites excluding steroid dienone is 2. The van der Waals surface area contributed by atoms with Crippen molar-refractivity contribution in [1.82, 2.24) is 4.98 Å². The number of rotatable bonds is 4. The van der Waals surface area contributed by atoms with Gasteiger partial charge in [-0.25, -0.2) is 14.8 Å². The van der Waals surface area contributed by atoms with Crippen LogP contribution in [0.2, 0.25) is 0 Å². The maximum Gasteiger partial charge on any atom is 0.338 e. The molecule has 0 saturated heterocycles. The van der Waals surface area contributed by atoms with Gasteiger partial charge in [-0.3, -0.25) is 4.79 Å². The number of ketones is 1. The Hall–Kier alpha value is -2.54. The van der Waals surface area contributed by atoms with Crippen molar-refractivity contribution in [2.45, 2.75) is 33.6 Å². The smallest absolute Gasteiger partial charge is 0.338 e. The molecule has 0 spiro atoms. The van der Waals surface area contributed by atoms with Gasteiger partial charge in [-0.15, -0.1) is 0 Å². The molecule has 0 fully saturated rings. The van der Waals surface area contributed by atoms with Crippen LogP contribution in [-0.4, -0.2) is 34.7 Å². The quantitative estimate of drug-likeness (QED) is 0.636. The third-order valence-electron chi connectivity index (χ3n) is 4.09. The second kappa shape index (κ2) is 6.99. The second-order valence-corrected chi connectivity index (χ2v) is 7.97. The van der Waals surface area contributed by atoms with Crippen LogP contribution in [0.5, 0.6) is 0 Å². The van der Waals surface area contributed by atoms with E-state index in [0.29, 0.717) is 35.7 Å². The Balaban J connectivity index is 1.86. The number of nitrogens with zero attached hydrogens (tertiary/aromatic N) is 2. The van der Waals surface area contributed by atoms with Crippen molar-refractivity contribution >= 4 is 44.7 Å². The van der Waals surface area contributed by atoms with E-state index in [-0.39, 0.29) is 28.5 Å². The Morgan fingerprint density at radius 3 is 2.88 bits per heavy atom. The fraction of sp³-hybridized carbons (Fsp3) is 0.368. The zero-order chi connectivity index (χ0) is 18.9. The molecule has 0 aliphatic heterocycles. The summed E-state index contributed by atoms with van der Waals surface area (Å²) < 4.78 is 5.80. The van der Waals surface area contributed by atoms with Gasteiger partial charge < -0.3 is 9.84 Å². The molecule has 7 heteroatoms. The summed E-state index contributed by atoms with van der Waals surface area (Å²) in [6.07, 6.45) is 2.21. The molecule has 6 nitrogen and oxygen atoms in total. The molecule has 2 aromatic rings. The SMILES string of the molecule is CCOC(=O)c1ccc2nc(/N=C/C3=C(O)CC(C)(C)CC3=O)sc2c1. The third-order valence-corrected chi connectivity index (χ3v) is 5.01. The van der Waals surface area contributed by atoms with Gasteiger partial charge >= 0.3 is 5.97 Å². The van der Waals surface area contributed by atoms with E-state index < -0.39 is 0 Å². The Bertz CT molecular complexity index is 940. The lowest BCUT2D eigenvalue weighted by molar-refractivity contribution is -0.117. The molecule has 0 amide bonds. The Morgan fingerprint density at radius 2 is 2.19 bits per heavy atom. The molecule has 1 aromatic heterocycles. The molecule has 136 valence electrons. The average Bonchev–Trinajstić information content (AvgIpc) is 2.95. The Morgan fingerprint density at radius 1 is 1.42 bits per heavy atom. The van der Waals surface area contributed by atoms with Crippen molar-refractivity contribution in [3.05, 3.63) is 35.1 Å². The van der Waals surface area contributed by atoms with Crippen LogP contribution >= 0.6 is 11.3 Å². The van der Waals surface area contributed by atoms with Crippen LogP contribution in [0.15, 0.2) is 34.5 Å². The lowest BCUT2D eigenvalue weighted by atomic mass is 9.77. The van der Waals surface area contributed by atoms with E-state index in [4.69, 9.17) is 4.74 Å². The molecule has 0 atom stereocenters. The minimum atomic E-state index is -0.377. The predicted octanol–water partition coefficient (Wildman–Crippen LogP) is 4.38. The highest BCUT2D eigenvalue weighted by molar-refractivity contribution is 7.22. The van der Waals surface area contributed by atoms with E-state index >= 15 is 0 Å². The van der Waals surface area contributed by atoms with E-state index in [9.17, 15) is 14.7 Å². The van der Waals surface area contributed by atoms with Gasteiger partial charge in [0, 0.05) is 19.1 Å². The highest BCUT2D eigenvalue weighted by Crippen LogP contribution is 2.35. The summed E-state index contributed by atoms with van der Waals surface area (Å²) in [5, 5.41) is 10.6. The lowest BCUT2D eigenvalue weighted by Gasteiger charge is -2.28. The summed E-state index contributed by atoms with van der Waals surface area (Å²) in [6.45, 7) is 5.97. The molecule has 1 aliphatic carbocycles. The average molecular weight is 372 g/mol. The van der Waals surface area contributed by atoms with Gasteiger partial charge in [0.1, 0.15) is 5.76 Å². The number of hydrogen-bond donors (Lipinski definition) is 1. The molecular weight excluding hydrogens is 352 g/mol. The van der Waals surface area contributed by atoms with Gasteiger partial charge in [0.05, 0.1) is 28.0 Å². The van der Waals surface area contributed by atoms with Gasteiger partial charge in [-0.05, 0) is 30.5 Å². The number of aliphatic hydroxyl groups excluding tert-OH is 1. The van der Waals surface area contributed by atoms with Crippen LogP contribution < -0.4 is 0 Å². The summed E-state index contributed by atoms with van der Waals surface area (Å²) in [5.74, 6) is -0.424. The largest absolute Gasteiger partial charge is 0.511 e. The van der Waals surface area contributed by atoms with Gasteiger partial charge in [0.15, 0.2) is 5.78 Å². The van der Waals surface area contributed by atoms with Crippen LogP contribution in [-0.2, 0) is 9.53 Å². The van der Waals surface area contributed by atoms with E-state index in [0.717, 1.165) is 4.70 Å². The summed E-state index contributed by atoms with van der Waals surface area (Å²) in [5.41, 5.74) is 1.18. The number of hydrogen-bond acceptors (Lipinski definition) is 7. The van der Waals surface area contributed by atoms with Crippen molar-refractivity contribution in [3.63, 3.8) is 0 Å². The number of aliphatic imine (C=N–C) groups is 1. The fourth-order valence-corrected chi connectivity index (χ4v) is 3.73. The topological polar surface area (TPSA) is 88.8 Å². The molecule has 0 saturated carbocycles. The number of aromatic nitrogens is 1. The first-order valence-corrected chi connectivity index (χ1v) is 9.18. The highest BCUT2D eigenvalue weighted by Gasteiger charge is 2.32. The standard InChI is InChI=1S/C19H20N2O4S/c1-4-25-17(24)11-5-6-13-16(7-11)26-18(21-13)20-10-12-14(22)8-19(2,3)9-15(12)23/h5-7,10,22H,4,8-9H2,1-3H3/b20-10+. The molecule has 1 N–H and O–H groups in total. The number of carbonyl (C=O) groups is 2. The Labute approximate surface area is 155 Å². The number of aliphatic hydroxyl groups is 1. The molecule has 26 heavy (non-hydrogen) atoms. The lowest BCUT2D eigenvalue weighted by Crippen LogP contribution is -2.26. The second-order valence-electron chi connectivity index (χ2n) is 6.96. The van der Waals surface area contributed by atoms with E-state index in [1.54, 1.807) is 25.1 Å². The number of esters is 1. The summed E-state index contributed by atoms with van der Waals surface area (Å²) >= 11 is 1.31. The minimum absolute atomic E-state index is 0.0701. The van der Waals surface area contributed by atoms with Crippen LogP contribution in [0.3, 0.4) is 0 Å². The molecule has 1 heterocycles. The normalized spacial score (nSPS) is 17.3.